The van der Waals surface area contributed by atoms with E-state index in [0.29, 0.717) is 0 Å². The van der Waals surface area contributed by atoms with E-state index in [-0.39, 0.29) is 5.41 Å². The van der Waals surface area contributed by atoms with Gasteiger partial charge in [-0.1, -0.05) is 6.92 Å². The van der Waals surface area contributed by atoms with Crippen LogP contribution in [0.25, 0.3) is 5.69 Å². The summed E-state index contributed by atoms with van der Waals surface area (Å²) in [6, 6.07) is 4.03. The minimum atomic E-state index is 0.206. The number of hydrogen-bond donors (Lipinski definition) is 1. The highest BCUT2D eigenvalue weighted by Gasteiger charge is 2.31. The van der Waals surface area contributed by atoms with E-state index < -0.39 is 0 Å². The van der Waals surface area contributed by atoms with Gasteiger partial charge in [0.2, 0.25) is 0 Å². The molecule has 1 fully saturated rings. The summed E-state index contributed by atoms with van der Waals surface area (Å²) in [6.07, 6.45) is 9.87. The molecule has 18 heavy (non-hydrogen) atoms. The van der Waals surface area contributed by atoms with Crippen LogP contribution in [0.15, 0.2) is 37.1 Å². The summed E-state index contributed by atoms with van der Waals surface area (Å²) in [5.41, 5.74) is 2.58. The van der Waals surface area contributed by atoms with Crippen LogP contribution in [0.4, 0.5) is 0 Å². The highest BCUT2D eigenvalue weighted by molar-refractivity contribution is 5.33. The maximum atomic E-state index is 4.33. The fraction of sp³-hybridized carbons (Fsp3) is 0.429. The van der Waals surface area contributed by atoms with Crippen LogP contribution in [0.2, 0.25) is 0 Å². The molecule has 0 bridgehead atoms. The van der Waals surface area contributed by atoms with Gasteiger partial charge in [-0.25, -0.2) is 4.98 Å². The van der Waals surface area contributed by atoms with Crippen molar-refractivity contribution in [3.8, 4) is 5.69 Å². The monoisotopic (exact) mass is 242 g/mol. The van der Waals surface area contributed by atoms with Gasteiger partial charge in [0.1, 0.15) is 0 Å². The van der Waals surface area contributed by atoms with Crippen molar-refractivity contribution in [2.75, 3.05) is 13.1 Å². The van der Waals surface area contributed by atoms with E-state index in [0.717, 1.165) is 31.6 Å². The van der Waals surface area contributed by atoms with Crippen molar-refractivity contribution in [1.29, 1.82) is 0 Å². The van der Waals surface area contributed by atoms with E-state index in [4.69, 9.17) is 0 Å². The lowest BCUT2D eigenvalue weighted by atomic mass is 9.78. The molecule has 0 saturated carbocycles. The molecule has 0 spiro atoms. The summed E-state index contributed by atoms with van der Waals surface area (Å²) in [7, 11) is 0. The predicted molar refractivity (Wildman–Crippen MR) is 70.8 cm³/mol. The number of imidazole rings is 1. The highest BCUT2D eigenvalue weighted by Crippen LogP contribution is 2.33. The first-order valence-corrected chi connectivity index (χ1v) is 6.44. The molecule has 0 atom stereocenters. The van der Waals surface area contributed by atoms with Crippen LogP contribution in [0.3, 0.4) is 0 Å². The van der Waals surface area contributed by atoms with Gasteiger partial charge in [0, 0.05) is 23.5 Å². The number of hydrogen-bond acceptors (Lipinski definition) is 3. The molecule has 3 heterocycles. The lowest BCUT2D eigenvalue weighted by Gasteiger charge is -2.34. The van der Waals surface area contributed by atoms with E-state index in [1.807, 2.05) is 24.8 Å². The first-order valence-electron chi connectivity index (χ1n) is 6.44. The van der Waals surface area contributed by atoms with E-state index >= 15 is 0 Å². The molecule has 2 aromatic heterocycles. The number of nitrogens with one attached hydrogen (secondary N) is 1. The summed E-state index contributed by atoms with van der Waals surface area (Å²) >= 11 is 0. The Hall–Kier alpha value is -1.68. The molecule has 0 amide bonds. The van der Waals surface area contributed by atoms with E-state index in [9.17, 15) is 0 Å². The highest BCUT2D eigenvalue weighted by atomic mass is 15.1. The van der Waals surface area contributed by atoms with Crippen molar-refractivity contribution in [3.63, 3.8) is 0 Å². The van der Waals surface area contributed by atoms with Gasteiger partial charge in [0.25, 0.3) is 0 Å². The molecule has 0 radical (unpaired) electrons. The molecule has 4 heteroatoms. The zero-order valence-corrected chi connectivity index (χ0v) is 10.6. The van der Waals surface area contributed by atoms with Gasteiger partial charge in [-0.2, -0.15) is 0 Å². The van der Waals surface area contributed by atoms with Crippen LogP contribution in [-0.4, -0.2) is 27.6 Å². The molecule has 1 aliphatic rings. The van der Waals surface area contributed by atoms with Gasteiger partial charge in [-0.15, -0.1) is 0 Å². The Morgan fingerprint density at radius 1 is 1.22 bits per heavy atom. The van der Waals surface area contributed by atoms with E-state index in [2.05, 4.69) is 32.8 Å². The zero-order chi connectivity index (χ0) is 12.4. The third kappa shape index (κ3) is 1.93. The minimum Gasteiger partial charge on any atom is -0.317 e. The van der Waals surface area contributed by atoms with Gasteiger partial charge >= 0.3 is 0 Å². The number of aromatic nitrogens is 3. The van der Waals surface area contributed by atoms with E-state index in [1.54, 1.807) is 6.20 Å². The van der Waals surface area contributed by atoms with Gasteiger partial charge in [-0.3, -0.25) is 4.98 Å². The van der Waals surface area contributed by atoms with Crippen molar-refractivity contribution in [2.24, 2.45) is 0 Å². The smallest absolute Gasteiger partial charge is 0.0994 e. The van der Waals surface area contributed by atoms with Gasteiger partial charge in [0.15, 0.2) is 0 Å². The molecular weight excluding hydrogens is 224 g/mol. The summed E-state index contributed by atoms with van der Waals surface area (Å²) in [6.45, 7) is 4.49. The molecule has 1 saturated heterocycles. The van der Waals surface area contributed by atoms with Crippen molar-refractivity contribution in [3.05, 3.63) is 42.7 Å². The number of rotatable bonds is 2. The van der Waals surface area contributed by atoms with Crippen LogP contribution >= 0.6 is 0 Å². The van der Waals surface area contributed by atoms with Crippen LogP contribution < -0.4 is 5.32 Å². The summed E-state index contributed by atoms with van der Waals surface area (Å²) in [5, 5.41) is 3.42. The van der Waals surface area contributed by atoms with Gasteiger partial charge < -0.3 is 9.88 Å². The van der Waals surface area contributed by atoms with Crippen LogP contribution in [-0.2, 0) is 5.41 Å². The maximum Gasteiger partial charge on any atom is 0.0994 e. The molecule has 2 aromatic rings. The Morgan fingerprint density at radius 2 is 2.06 bits per heavy atom. The molecule has 1 N–H and O–H groups in total. The average molecular weight is 242 g/mol. The summed E-state index contributed by atoms with van der Waals surface area (Å²) < 4.78 is 2.16. The normalized spacial score (nSPS) is 18.7. The largest absolute Gasteiger partial charge is 0.317 e. The number of pyridine rings is 1. The number of nitrogens with zero attached hydrogens (tertiary/aromatic N) is 3. The average Bonchev–Trinajstić information content (AvgIpc) is 2.91. The number of piperidine rings is 1. The lowest BCUT2D eigenvalue weighted by molar-refractivity contribution is 0.324. The lowest BCUT2D eigenvalue weighted by Crippen LogP contribution is -2.38. The Kier molecular flexibility index (Phi) is 2.88. The topological polar surface area (TPSA) is 42.7 Å². The fourth-order valence-corrected chi connectivity index (χ4v) is 2.68. The van der Waals surface area contributed by atoms with Crippen LogP contribution in [0.5, 0.6) is 0 Å². The van der Waals surface area contributed by atoms with Crippen molar-refractivity contribution in [1.82, 2.24) is 19.9 Å². The van der Waals surface area contributed by atoms with Crippen molar-refractivity contribution >= 4 is 0 Å². The van der Waals surface area contributed by atoms with Crippen LogP contribution in [0, 0.1) is 0 Å². The third-order valence-corrected chi connectivity index (χ3v) is 3.89. The Bertz CT molecular complexity index is 512. The molecule has 1 aliphatic heterocycles. The standard InChI is InChI=1S/C14H18N4/c1-14(4-7-15-8-5-14)13-10-17-11-18(13)12-3-2-6-16-9-12/h2-3,6,9-11,15H,4-5,7-8H2,1H3. The Balaban J connectivity index is 2.01. The van der Waals surface area contributed by atoms with Crippen LogP contribution in [0.1, 0.15) is 25.5 Å². The van der Waals surface area contributed by atoms with Gasteiger partial charge in [-0.05, 0) is 38.1 Å². The molecular formula is C14H18N4. The Morgan fingerprint density at radius 3 is 2.78 bits per heavy atom. The van der Waals surface area contributed by atoms with E-state index in [1.165, 1.54) is 5.69 Å². The predicted octanol–water partition coefficient (Wildman–Crippen LogP) is 1.91. The third-order valence-electron chi connectivity index (χ3n) is 3.89. The Labute approximate surface area is 107 Å². The zero-order valence-electron chi connectivity index (χ0n) is 10.6. The molecule has 0 unspecified atom stereocenters. The minimum absolute atomic E-state index is 0.206. The van der Waals surface area contributed by atoms with Gasteiger partial charge in [0.05, 0.1) is 18.2 Å². The summed E-state index contributed by atoms with van der Waals surface area (Å²) in [4.78, 5) is 8.52. The first kappa shape index (κ1) is 11.4. The van der Waals surface area contributed by atoms with Crippen molar-refractivity contribution < 1.29 is 0 Å². The SMILES string of the molecule is CC1(c2cncn2-c2cccnc2)CCNCC1. The maximum absolute atomic E-state index is 4.33. The molecule has 0 aliphatic carbocycles. The fourth-order valence-electron chi connectivity index (χ4n) is 2.68. The molecule has 94 valence electrons. The van der Waals surface area contributed by atoms with Crippen molar-refractivity contribution in [2.45, 2.75) is 25.2 Å². The molecule has 4 nitrogen and oxygen atoms in total. The molecule has 3 rings (SSSR count). The summed E-state index contributed by atoms with van der Waals surface area (Å²) in [5.74, 6) is 0. The second-order valence-corrected chi connectivity index (χ2v) is 5.17. The first-order chi connectivity index (χ1) is 8.80. The molecule has 0 aromatic carbocycles. The second-order valence-electron chi connectivity index (χ2n) is 5.17. The quantitative estimate of drug-likeness (QED) is 0.874. The second kappa shape index (κ2) is 4.53.